The van der Waals surface area contributed by atoms with Gasteiger partial charge < -0.3 is 5.73 Å². The lowest BCUT2D eigenvalue weighted by molar-refractivity contribution is 0.795. The van der Waals surface area contributed by atoms with Crippen molar-refractivity contribution in [1.82, 2.24) is 15.0 Å². The third-order valence-electron chi connectivity index (χ3n) is 2.33. The molecule has 2 aromatic rings. The van der Waals surface area contributed by atoms with Crippen LogP contribution in [0.1, 0.15) is 18.2 Å². The first-order chi connectivity index (χ1) is 7.33. The van der Waals surface area contributed by atoms with E-state index in [1.165, 1.54) is 5.56 Å². The predicted molar refractivity (Wildman–Crippen MR) is 58.6 cm³/mol. The summed E-state index contributed by atoms with van der Waals surface area (Å²) in [7, 11) is 0. The Balaban J connectivity index is 2.35. The normalized spacial score (nSPS) is 10.5. The molecule has 1 aromatic carbocycles. The van der Waals surface area contributed by atoms with Crippen molar-refractivity contribution in [2.24, 2.45) is 5.73 Å². The maximum Gasteiger partial charge on any atom is 0.0967 e. The van der Waals surface area contributed by atoms with E-state index in [0.717, 1.165) is 17.8 Å². The van der Waals surface area contributed by atoms with E-state index in [4.69, 9.17) is 5.73 Å². The summed E-state index contributed by atoms with van der Waals surface area (Å²) in [5.41, 5.74) is 8.60. The monoisotopic (exact) mass is 202 g/mol. The van der Waals surface area contributed by atoms with Gasteiger partial charge in [-0.05, 0) is 24.1 Å². The average Bonchev–Trinajstić information content (AvgIpc) is 2.78. The van der Waals surface area contributed by atoms with Gasteiger partial charge in [0.1, 0.15) is 0 Å². The fourth-order valence-corrected chi connectivity index (χ4v) is 1.44. The first-order valence-corrected chi connectivity index (χ1v) is 5.04. The zero-order valence-corrected chi connectivity index (χ0v) is 8.72. The summed E-state index contributed by atoms with van der Waals surface area (Å²) in [6.45, 7) is 2.55. The number of aryl methyl sites for hydroxylation is 1. The van der Waals surface area contributed by atoms with Gasteiger partial charge in [0, 0.05) is 6.54 Å². The first-order valence-electron chi connectivity index (χ1n) is 5.04. The molecule has 0 aliphatic carbocycles. The second-order valence-corrected chi connectivity index (χ2v) is 3.38. The molecule has 4 heteroatoms. The van der Waals surface area contributed by atoms with Crippen LogP contribution in [0.25, 0.3) is 5.69 Å². The van der Waals surface area contributed by atoms with Crippen LogP contribution < -0.4 is 5.73 Å². The molecule has 2 rings (SSSR count). The van der Waals surface area contributed by atoms with Crippen LogP contribution in [0.2, 0.25) is 0 Å². The summed E-state index contributed by atoms with van der Waals surface area (Å²) < 4.78 is 1.75. The Bertz CT molecular complexity index is 447. The third kappa shape index (κ3) is 2.05. The van der Waals surface area contributed by atoms with Gasteiger partial charge in [-0.15, -0.1) is 5.10 Å². The van der Waals surface area contributed by atoms with Crippen molar-refractivity contribution in [2.75, 3.05) is 0 Å². The van der Waals surface area contributed by atoms with Gasteiger partial charge >= 0.3 is 0 Å². The second kappa shape index (κ2) is 4.23. The summed E-state index contributed by atoms with van der Waals surface area (Å²) in [5.74, 6) is 0. The highest BCUT2D eigenvalue weighted by Crippen LogP contribution is 2.10. The number of hydrogen-bond acceptors (Lipinski definition) is 3. The predicted octanol–water partition coefficient (Wildman–Crippen LogP) is 1.29. The van der Waals surface area contributed by atoms with E-state index in [1.54, 1.807) is 4.68 Å². The second-order valence-electron chi connectivity index (χ2n) is 3.38. The number of nitrogens with zero attached hydrogens (tertiary/aromatic N) is 3. The molecule has 0 bridgehead atoms. The van der Waals surface area contributed by atoms with Crippen molar-refractivity contribution >= 4 is 0 Å². The smallest absolute Gasteiger partial charge is 0.0967 e. The lowest BCUT2D eigenvalue weighted by atomic mass is 10.1. The van der Waals surface area contributed by atoms with Crippen LogP contribution in [0, 0.1) is 0 Å². The standard InChI is InChI=1S/C11H14N4/c1-2-9-4-3-5-11(6-9)15-8-10(7-12)13-14-15/h3-6,8H,2,7,12H2,1H3. The van der Waals surface area contributed by atoms with Gasteiger partial charge in [0.05, 0.1) is 17.6 Å². The Hall–Kier alpha value is -1.68. The Morgan fingerprint density at radius 1 is 1.40 bits per heavy atom. The van der Waals surface area contributed by atoms with Crippen LogP contribution in [0.3, 0.4) is 0 Å². The SMILES string of the molecule is CCc1cccc(-n2cc(CN)nn2)c1. The van der Waals surface area contributed by atoms with Crippen molar-refractivity contribution in [2.45, 2.75) is 19.9 Å². The molecule has 0 aliphatic heterocycles. The largest absolute Gasteiger partial charge is 0.325 e. The van der Waals surface area contributed by atoms with E-state index in [9.17, 15) is 0 Å². The topological polar surface area (TPSA) is 56.7 Å². The van der Waals surface area contributed by atoms with Crippen LogP contribution >= 0.6 is 0 Å². The maximum atomic E-state index is 5.48. The summed E-state index contributed by atoms with van der Waals surface area (Å²) in [6.07, 6.45) is 2.88. The van der Waals surface area contributed by atoms with Crippen LogP contribution in [-0.4, -0.2) is 15.0 Å². The molecule has 0 amide bonds. The molecule has 78 valence electrons. The summed E-state index contributed by atoms with van der Waals surface area (Å²) in [4.78, 5) is 0. The number of hydrogen-bond donors (Lipinski definition) is 1. The summed E-state index contributed by atoms with van der Waals surface area (Å²) in [5, 5.41) is 7.97. The van der Waals surface area contributed by atoms with E-state index in [1.807, 2.05) is 18.3 Å². The lowest BCUT2D eigenvalue weighted by Gasteiger charge is -2.01. The van der Waals surface area contributed by atoms with Crippen molar-refractivity contribution in [1.29, 1.82) is 0 Å². The van der Waals surface area contributed by atoms with Gasteiger partial charge in [-0.1, -0.05) is 24.3 Å². The molecule has 0 atom stereocenters. The molecule has 15 heavy (non-hydrogen) atoms. The van der Waals surface area contributed by atoms with E-state index in [-0.39, 0.29) is 0 Å². The molecule has 0 unspecified atom stereocenters. The minimum absolute atomic E-state index is 0.424. The Morgan fingerprint density at radius 3 is 2.93 bits per heavy atom. The fourth-order valence-electron chi connectivity index (χ4n) is 1.44. The van der Waals surface area contributed by atoms with E-state index in [0.29, 0.717) is 6.54 Å². The molecule has 0 fully saturated rings. The Morgan fingerprint density at radius 2 is 2.27 bits per heavy atom. The molecule has 0 saturated carbocycles. The first kappa shape index (κ1) is 9.86. The molecular weight excluding hydrogens is 188 g/mol. The highest BCUT2D eigenvalue weighted by molar-refractivity contribution is 5.35. The quantitative estimate of drug-likeness (QED) is 0.815. The van der Waals surface area contributed by atoms with Gasteiger partial charge in [0.2, 0.25) is 0 Å². The maximum absolute atomic E-state index is 5.48. The Kier molecular flexibility index (Phi) is 2.78. The van der Waals surface area contributed by atoms with Gasteiger partial charge in [0.25, 0.3) is 0 Å². The molecule has 1 aromatic heterocycles. The van der Waals surface area contributed by atoms with Gasteiger partial charge in [-0.25, -0.2) is 4.68 Å². The zero-order chi connectivity index (χ0) is 10.7. The minimum atomic E-state index is 0.424. The number of nitrogens with two attached hydrogens (primary N) is 1. The van der Waals surface area contributed by atoms with E-state index >= 15 is 0 Å². The zero-order valence-electron chi connectivity index (χ0n) is 8.72. The molecule has 2 N–H and O–H groups in total. The van der Waals surface area contributed by atoms with Gasteiger partial charge in [-0.2, -0.15) is 0 Å². The number of benzene rings is 1. The van der Waals surface area contributed by atoms with Gasteiger partial charge in [0.15, 0.2) is 0 Å². The molecule has 0 spiro atoms. The highest BCUT2D eigenvalue weighted by Gasteiger charge is 2.01. The van der Waals surface area contributed by atoms with Crippen molar-refractivity contribution in [3.8, 4) is 5.69 Å². The van der Waals surface area contributed by atoms with Crippen LogP contribution in [0.5, 0.6) is 0 Å². The van der Waals surface area contributed by atoms with E-state index < -0.39 is 0 Å². The molecule has 0 radical (unpaired) electrons. The number of aromatic nitrogens is 3. The molecule has 0 saturated heterocycles. The molecule has 1 heterocycles. The van der Waals surface area contributed by atoms with Crippen molar-refractivity contribution in [3.05, 3.63) is 41.7 Å². The highest BCUT2D eigenvalue weighted by atomic mass is 15.4. The lowest BCUT2D eigenvalue weighted by Crippen LogP contribution is -1.96. The summed E-state index contributed by atoms with van der Waals surface area (Å²) >= 11 is 0. The van der Waals surface area contributed by atoms with Crippen LogP contribution in [-0.2, 0) is 13.0 Å². The minimum Gasteiger partial charge on any atom is -0.325 e. The number of rotatable bonds is 3. The van der Waals surface area contributed by atoms with Gasteiger partial charge in [-0.3, -0.25) is 0 Å². The average molecular weight is 202 g/mol. The molecule has 4 nitrogen and oxygen atoms in total. The third-order valence-corrected chi connectivity index (χ3v) is 2.33. The molecule has 0 aliphatic rings. The fraction of sp³-hybridized carbons (Fsp3) is 0.273. The van der Waals surface area contributed by atoms with Crippen LogP contribution in [0.15, 0.2) is 30.5 Å². The summed E-state index contributed by atoms with van der Waals surface area (Å²) in [6, 6.07) is 8.24. The van der Waals surface area contributed by atoms with Crippen molar-refractivity contribution in [3.63, 3.8) is 0 Å². The Labute approximate surface area is 88.7 Å². The van der Waals surface area contributed by atoms with Crippen molar-refractivity contribution < 1.29 is 0 Å². The van der Waals surface area contributed by atoms with Crippen LogP contribution in [0.4, 0.5) is 0 Å². The molecular formula is C11H14N4. The van der Waals surface area contributed by atoms with E-state index in [2.05, 4.69) is 29.4 Å².